The molecule has 104 valence electrons. The smallest absolute Gasteiger partial charge is 0.303 e. The Morgan fingerprint density at radius 3 is 2.68 bits per heavy atom. The minimum atomic E-state index is -0.865. The number of nitrogens with zero attached hydrogens (tertiary/aromatic N) is 2. The Morgan fingerprint density at radius 1 is 1.47 bits per heavy atom. The molecule has 0 fully saturated rings. The molecule has 0 aliphatic rings. The highest BCUT2D eigenvalue weighted by Crippen LogP contribution is 2.16. The molecule has 0 aromatic carbocycles. The summed E-state index contributed by atoms with van der Waals surface area (Å²) >= 11 is 5.90. The van der Waals surface area contributed by atoms with Crippen LogP contribution in [0.3, 0.4) is 0 Å². The number of hydrogen-bond donors (Lipinski definition) is 1. The van der Waals surface area contributed by atoms with Crippen LogP contribution in [0.4, 0.5) is 0 Å². The Kier molecular flexibility index (Phi) is 5.76. The number of pyridine rings is 1. The standard InChI is InChI=1S/C13H17ClN2O3/c1-9(2)16(8-4-6-11(17)18)13(19)10-5-3-7-15-12(10)14/h3,5,7,9H,4,6,8H2,1-2H3,(H,17,18). The fraction of sp³-hybridized carbons (Fsp3) is 0.462. The summed E-state index contributed by atoms with van der Waals surface area (Å²) in [6.07, 6.45) is 1.97. The van der Waals surface area contributed by atoms with Crippen molar-refractivity contribution in [2.75, 3.05) is 6.54 Å². The average molecular weight is 285 g/mol. The van der Waals surface area contributed by atoms with Crippen molar-refractivity contribution >= 4 is 23.5 Å². The third-order valence-corrected chi connectivity index (χ3v) is 2.96. The summed E-state index contributed by atoms with van der Waals surface area (Å²) in [7, 11) is 0. The molecular weight excluding hydrogens is 268 g/mol. The zero-order valence-electron chi connectivity index (χ0n) is 11.0. The summed E-state index contributed by atoms with van der Waals surface area (Å²) in [4.78, 5) is 28.3. The number of carbonyl (C=O) groups is 2. The van der Waals surface area contributed by atoms with Crippen molar-refractivity contribution in [2.24, 2.45) is 0 Å². The molecule has 1 N–H and O–H groups in total. The fourth-order valence-corrected chi connectivity index (χ4v) is 1.90. The van der Waals surface area contributed by atoms with Crippen molar-refractivity contribution in [3.8, 4) is 0 Å². The quantitative estimate of drug-likeness (QED) is 0.815. The second-order valence-corrected chi connectivity index (χ2v) is 4.79. The van der Waals surface area contributed by atoms with Gasteiger partial charge in [-0.2, -0.15) is 0 Å². The number of aromatic nitrogens is 1. The van der Waals surface area contributed by atoms with Gasteiger partial charge in [-0.05, 0) is 32.4 Å². The number of aliphatic carboxylic acids is 1. The predicted octanol–water partition coefficient (Wildman–Crippen LogP) is 2.45. The first-order valence-electron chi connectivity index (χ1n) is 6.06. The third-order valence-electron chi connectivity index (χ3n) is 2.66. The first-order chi connectivity index (χ1) is 8.93. The SMILES string of the molecule is CC(C)N(CCCC(=O)O)C(=O)c1cccnc1Cl. The molecule has 1 aromatic heterocycles. The summed E-state index contributed by atoms with van der Waals surface area (Å²) in [5, 5.41) is 8.79. The van der Waals surface area contributed by atoms with Crippen molar-refractivity contribution in [3.05, 3.63) is 29.0 Å². The van der Waals surface area contributed by atoms with E-state index in [9.17, 15) is 9.59 Å². The lowest BCUT2D eigenvalue weighted by atomic mass is 10.2. The zero-order chi connectivity index (χ0) is 14.4. The number of carbonyl (C=O) groups excluding carboxylic acids is 1. The highest BCUT2D eigenvalue weighted by Gasteiger charge is 2.21. The van der Waals surface area contributed by atoms with Crippen LogP contribution in [0.25, 0.3) is 0 Å². The van der Waals surface area contributed by atoms with E-state index >= 15 is 0 Å². The highest BCUT2D eigenvalue weighted by atomic mass is 35.5. The molecule has 5 nitrogen and oxygen atoms in total. The molecule has 0 saturated heterocycles. The number of halogens is 1. The molecule has 1 rings (SSSR count). The Morgan fingerprint density at radius 2 is 2.16 bits per heavy atom. The first kappa shape index (κ1) is 15.4. The summed E-state index contributed by atoms with van der Waals surface area (Å²) in [6, 6.07) is 3.23. The molecule has 6 heteroatoms. The van der Waals surface area contributed by atoms with Gasteiger partial charge >= 0.3 is 5.97 Å². The molecular formula is C13H17ClN2O3. The van der Waals surface area contributed by atoms with E-state index in [0.717, 1.165) is 0 Å². The Hall–Kier alpha value is -1.62. The van der Waals surface area contributed by atoms with Crippen LogP contribution >= 0.6 is 11.6 Å². The number of carboxylic acid groups (broad SMARTS) is 1. The van der Waals surface area contributed by atoms with Gasteiger partial charge in [0.2, 0.25) is 0 Å². The van der Waals surface area contributed by atoms with E-state index in [4.69, 9.17) is 16.7 Å². The Labute approximate surface area is 117 Å². The maximum Gasteiger partial charge on any atom is 0.303 e. The fourth-order valence-electron chi connectivity index (χ4n) is 1.70. The zero-order valence-corrected chi connectivity index (χ0v) is 11.7. The normalized spacial score (nSPS) is 10.5. The van der Waals surface area contributed by atoms with Crippen LogP contribution in [0.5, 0.6) is 0 Å². The van der Waals surface area contributed by atoms with Gasteiger partial charge in [-0.1, -0.05) is 11.6 Å². The molecule has 1 amide bonds. The summed E-state index contributed by atoms with van der Waals surface area (Å²) in [6.45, 7) is 4.14. The maximum absolute atomic E-state index is 12.3. The first-order valence-corrected chi connectivity index (χ1v) is 6.44. The molecule has 1 aromatic rings. The number of carboxylic acids is 1. The molecule has 0 radical (unpaired) electrons. The monoisotopic (exact) mass is 284 g/mol. The van der Waals surface area contributed by atoms with Gasteiger partial charge in [0.15, 0.2) is 0 Å². The van der Waals surface area contributed by atoms with E-state index in [0.29, 0.717) is 18.5 Å². The van der Waals surface area contributed by atoms with Crippen LogP contribution < -0.4 is 0 Å². The molecule has 0 unspecified atom stereocenters. The van der Waals surface area contributed by atoms with E-state index in [-0.39, 0.29) is 23.5 Å². The summed E-state index contributed by atoms with van der Waals surface area (Å²) < 4.78 is 0. The minimum absolute atomic E-state index is 0.0300. The van der Waals surface area contributed by atoms with E-state index in [2.05, 4.69) is 4.98 Å². The van der Waals surface area contributed by atoms with E-state index in [1.54, 1.807) is 17.0 Å². The lowest BCUT2D eigenvalue weighted by Gasteiger charge is -2.26. The second-order valence-electron chi connectivity index (χ2n) is 4.43. The van der Waals surface area contributed by atoms with E-state index < -0.39 is 5.97 Å². The van der Waals surface area contributed by atoms with Gasteiger partial charge in [0.25, 0.3) is 5.91 Å². The number of hydrogen-bond acceptors (Lipinski definition) is 3. The maximum atomic E-state index is 12.3. The van der Waals surface area contributed by atoms with Crippen molar-refractivity contribution in [2.45, 2.75) is 32.7 Å². The molecule has 1 heterocycles. The molecule has 19 heavy (non-hydrogen) atoms. The van der Waals surface area contributed by atoms with E-state index in [1.165, 1.54) is 6.20 Å². The van der Waals surface area contributed by atoms with Gasteiger partial charge in [0.1, 0.15) is 5.15 Å². The Bertz CT molecular complexity index is 463. The van der Waals surface area contributed by atoms with Crippen molar-refractivity contribution in [1.29, 1.82) is 0 Å². The molecule has 0 spiro atoms. The van der Waals surface area contributed by atoms with Crippen LogP contribution in [0.15, 0.2) is 18.3 Å². The highest BCUT2D eigenvalue weighted by molar-refractivity contribution is 6.32. The van der Waals surface area contributed by atoms with Crippen LogP contribution in [-0.4, -0.2) is 39.5 Å². The van der Waals surface area contributed by atoms with Crippen LogP contribution in [-0.2, 0) is 4.79 Å². The second kappa shape index (κ2) is 7.09. The average Bonchev–Trinajstić information content (AvgIpc) is 2.33. The van der Waals surface area contributed by atoms with Gasteiger partial charge in [0, 0.05) is 25.2 Å². The topological polar surface area (TPSA) is 70.5 Å². The lowest BCUT2D eigenvalue weighted by Crippen LogP contribution is -2.38. The summed E-state index contributed by atoms with van der Waals surface area (Å²) in [5.74, 6) is -1.09. The van der Waals surface area contributed by atoms with Gasteiger partial charge in [-0.3, -0.25) is 9.59 Å². The Balaban J connectivity index is 2.79. The van der Waals surface area contributed by atoms with Crippen LogP contribution in [0, 0.1) is 0 Å². The minimum Gasteiger partial charge on any atom is -0.481 e. The van der Waals surface area contributed by atoms with Gasteiger partial charge in [0.05, 0.1) is 5.56 Å². The van der Waals surface area contributed by atoms with Gasteiger partial charge < -0.3 is 10.0 Å². The van der Waals surface area contributed by atoms with Crippen molar-refractivity contribution in [1.82, 2.24) is 9.88 Å². The van der Waals surface area contributed by atoms with Crippen molar-refractivity contribution < 1.29 is 14.7 Å². The largest absolute Gasteiger partial charge is 0.481 e. The van der Waals surface area contributed by atoms with Gasteiger partial charge in [-0.25, -0.2) is 4.98 Å². The van der Waals surface area contributed by atoms with Crippen LogP contribution in [0.1, 0.15) is 37.0 Å². The summed E-state index contributed by atoms with van der Waals surface area (Å²) in [5.41, 5.74) is 0.341. The predicted molar refractivity (Wildman–Crippen MR) is 72.3 cm³/mol. The lowest BCUT2D eigenvalue weighted by molar-refractivity contribution is -0.137. The molecule has 0 atom stereocenters. The third kappa shape index (κ3) is 4.52. The molecule has 0 bridgehead atoms. The molecule has 0 aliphatic heterocycles. The van der Waals surface area contributed by atoms with Crippen LogP contribution in [0.2, 0.25) is 5.15 Å². The van der Waals surface area contributed by atoms with Gasteiger partial charge in [-0.15, -0.1) is 0 Å². The van der Waals surface area contributed by atoms with E-state index in [1.807, 2.05) is 13.8 Å². The molecule has 0 saturated carbocycles. The van der Waals surface area contributed by atoms with Crippen molar-refractivity contribution in [3.63, 3.8) is 0 Å². The number of rotatable bonds is 6. The number of amides is 1. The molecule has 0 aliphatic carbocycles.